The van der Waals surface area contributed by atoms with E-state index in [1.807, 2.05) is 0 Å². The Balaban J connectivity index is 5.49. The van der Waals surface area contributed by atoms with E-state index in [1.165, 1.54) is 0 Å². The number of hydrogen-bond acceptors (Lipinski definition) is 8. The first-order valence-electron chi connectivity index (χ1n) is 10.9. The lowest BCUT2D eigenvalue weighted by Gasteiger charge is -2.27. The summed E-state index contributed by atoms with van der Waals surface area (Å²) in [4.78, 5) is 82.4. The second-order valence-corrected chi connectivity index (χ2v) is 8.31. The van der Waals surface area contributed by atoms with Crippen LogP contribution in [0.15, 0.2) is 0 Å². The molecule has 12 N–H and O–H groups in total. The molecule has 0 heterocycles. The zero-order chi connectivity index (χ0) is 27.3. The first-order chi connectivity index (χ1) is 16.1. The largest absolute Gasteiger partial charge is 0.480 e. The zero-order valence-electron chi connectivity index (χ0n) is 19.7. The average Bonchev–Trinajstić information content (AvgIpc) is 2.74. The highest BCUT2D eigenvalue weighted by Gasteiger charge is 2.32. The van der Waals surface area contributed by atoms with Gasteiger partial charge in [0.25, 0.3) is 0 Å². The minimum Gasteiger partial charge on any atom is -0.480 e. The molecule has 0 aromatic rings. The van der Waals surface area contributed by atoms with Crippen LogP contribution in [0.1, 0.15) is 52.4 Å². The second-order valence-electron chi connectivity index (χ2n) is 8.31. The van der Waals surface area contributed by atoms with Crippen molar-refractivity contribution in [2.75, 3.05) is 0 Å². The third-order valence-corrected chi connectivity index (χ3v) is 4.89. The summed E-state index contributed by atoms with van der Waals surface area (Å²) in [5.41, 5.74) is 20.9. The predicted molar refractivity (Wildman–Crippen MR) is 122 cm³/mol. The molecule has 35 heavy (non-hydrogen) atoms. The van der Waals surface area contributed by atoms with Gasteiger partial charge in [-0.1, -0.05) is 13.8 Å². The molecule has 0 bridgehead atoms. The minimum atomic E-state index is -1.48. The van der Waals surface area contributed by atoms with Crippen molar-refractivity contribution in [3.63, 3.8) is 0 Å². The van der Waals surface area contributed by atoms with Gasteiger partial charge >= 0.3 is 5.97 Å². The van der Waals surface area contributed by atoms with Gasteiger partial charge in [-0.2, -0.15) is 0 Å². The summed E-state index contributed by atoms with van der Waals surface area (Å²) in [5, 5.41) is 16.3. The van der Waals surface area contributed by atoms with Crippen molar-refractivity contribution in [2.24, 2.45) is 28.9 Å². The van der Waals surface area contributed by atoms with Gasteiger partial charge in [-0.05, 0) is 25.2 Å². The van der Waals surface area contributed by atoms with Crippen molar-refractivity contribution in [3.05, 3.63) is 0 Å². The van der Waals surface area contributed by atoms with Crippen LogP contribution in [0.4, 0.5) is 0 Å². The maximum absolute atomic E-state index is 12.9. The van der Waals surface area contributed by atoms with Crippen LogP contribution in [0.2, 0.25) is 0 Å². The summed E-state index contributed by atoms with van der Waals surface area (Å²) in [6, 6.07) is -5.14. The van der Waals surface area contributed by atoms with Gasteiger partial charge in [0.15, 0.2) is 0 Å². The van der Waals surface area contributed by atoms with Crippen molar-refractivity contribution in [2.45, 2.75) is 76.5 Å². The molecule has 0 radical (unpaired) electrons. The molecule has 0 aliphatic rings. The van der Waals surface area contributed by atoms with Crippen molar-refractivity contribution < 1.29 is 38.7 Å². The maximum atomic E-state index is 12.9. The highest BCUT2D eigenvalue weighted by atomic mass is 16.4. The Morgan fingerprint density at radius 2 is 1.09 bits per heavy atom. The number of nitrogens with two attached hydrogens (primary N) is 4. The number of primary amides is 3. The fourth-order valence-corrected chi connectivity index (χ4v) is 2.86. The van der Waals surface area contributed by atoms with Crippen LogP contribution in [0, 0.1) is 5.92 Å². The number of carbonyl (C=O) groups is 7. The number of hydrogen-bond donors (Lipinski definition) is 8. The lowest BCUT2D eigenvalue weighted by Crippen LogP contribution is -2.58. The number of nitrogens with one attached hydrogen (secondary N) is 3. The fraction of sp³-hybridized carbons (Fsp3) is 0.650. The smallest absolute Gasteiger partial charge is 0.326 e. The number of amides is 6. The van der Waals surface area contributed by atoms with E-state index in [9.17, 15) is 38.7 Å². The molecule has 198 valence electrons. The Bertz CT molecular complexity index is 817. The van der Waals surface area contributed by atoms with E-state index in [0.29, 0.717) is 0 Å². The van der Waals surface area contributed by atoms with Gasteiger partial charge in [0.05, 0.1) is 6.04 Å². The van der Waals surface area contributed by atoms with Crippen LogP contribution in [0.5, 0.6) is 0 Å². The third-order valence-electron chi connectivity index (χ3n) is 4.89. The van der Waals surface area contributed by atoms with E-state index in [2.05, 4.69) is 16.0 Å². The molecule has 15 heteroatoms. The van der Waals surface area contributed by atoms with Gasteiger partial charge in [0, 0.05) is 19.3 Å². The third kappa shape index (κ3) is 12.9. The Labute approximate surface area is 202 Å². The van der Waals surface area contributed by atoms with E-state index in [1.54, 1.807) is 13.8 Å². The molecule has 6 amide bonds. The first kappa shape index (κ1) is 31.2. The zero-order valence-corrected chi connectivity index (χ0v) is 19.7. The van der Waals surface area contributed by atoms with Crippen LogP contribution in [0.25, 0.3) is 0 Å². The summed E-state index contributed by atoms with van der Waals surface area (Å²) >= 11 is 0. The number of rotatable bonds is 17. The number of aliphatic carboxylic acids is 1. The van der Waals surface area contributed by atoms with E-state index in [-0.39, 0.29) is 38.5 Å². The summed E-state index contributed by atoms with van der Waals surface area (Å²) < 4.78 is 0. The van der Waals surface area contributed by atoms with Crippen LogP contribution < -0.4 is 38.9 Å². The second kappa shape index (κ2) is 15.2. The van der Waals surface area contributed by atoms with Crippen LogP contribution >= 0.6 is 0 Å². The standard InChI is InChI=1S/C20H35N7O8/c1-9(2)16(27-17(31)10(21)3-6-13(22)28)19(33)25-11(4-7-14(23)29)18(32)26-12(20(34)35)5-8-15(24)30/h9-12,16H,3-8,21H2,1-2H3,(H2,22,28)(H2,23,29)(H2,24,30)(H,25,33)(H,26,32)(H,27,31)(H,34,35). The molecule has 0 spiro atoms. The molecular weight excluding hydrogens is 466 g/mol. The molecule has 0 aliphatic heterocycles. The van der Waals surface area contributed by atoms with E-state index in [0.717, 1.165) is 0 Å². The Hall–Kier alpha value is -3.75. The minimum absolute atomic E-state index is 0.0425. The van der Waals surface area contributed by atoms with Gasteiger partial charge < -0.3 is 44.0 Å². The molecule has 0 saturated carbocycles. The molecule has 0 aromatic carbocycles. The van der Waals surface area contributed by atoms with E-state index < -0.39 is 71.5 Å². The predicted octanol–water partition coefficient (Wildman–Crippen LogP) is -3.69. The first-order valence-corrected chi connectivity index (χ1v) is 10.9. The summed E-state index contributed by atoms with van der Waals surface area (Å²) in [7, 11) is 0. The van der Waals surface area contributed by atoms with Gasteiger partial charge in [0.2, 0.25) is 35.4 Å². The summed E-state index contributed by atoms with van der Waals surface area (Å²) in [6.07, 6.45) is -1.35. The van der Waals surface area contributed by atoms with Crippen LogP contribution in [0.3, 0.4) is 0 Å². The van der Waals surface area contributed by atoms with Crippen molar-refractivity contribution in [1.82, 2.24) is 16.0 Å². The average molecular weight is 502 g/mol. The van der Waals surface area contributed by atoms with Crippen molar-refractivity contribution in [1.29, 1.82) is 0 Å². The Morgan fingerprint density at radius 1 is 0.657 bits per heavy atom. The van der Waals surface area contributed by atoms with Gasteiger partial charge in [-0.25, -0.2) is 4.79 Å². The Morgan fingerprint density at radius 3 is 1.51 bits per heavy atom. The number of carboxylic acid groups (broad SMARTS) is 1. The highest BCUT2D eigenvalue weighted by molar-refractivity contribution is 5.94. The molecule has 0 aromatic heterocycles. The van der Waals surface area contributed by atoms with Crippen LogP contribution in [-0.4, -0.2) is 70.7 Å². The number of carboxylic acids is 1. The molecule has 0 saturated heterocycles. The molecule has 0 rings (SSSR count). The number of carbonyl (C=O) groups excluding carboxylic acids is 6. The Kier molecular flexibility index (Phi) is 13.6. The SMILES string of the molecule is CC(C)C(NC(=O)C(N)CCC(N)=O)C(=O)NC(CCC(N)=O)C(=O)NC(CCC(N)=O)C(=O)O. The summed E-state index contributed by atoms with van der Waals surface area (Å²) in [5.74, 6) is -6.56. The van der Waals surface area contributed by atoms with Crippen LogP contribution in [-0.2, 0) is 33.6 Å². The quantitative estimate of drug-likeness (QED) is 0.0971. The molecule has 4 unspecified atom stereocenters. The molecule has 4 atom stereocenters. The molecule has 15 nitrogen and oxygen atoms in total. The van der Waals surface area contributed by atoms with Crippen molar-refractivity contribution in [3.8, 4) is 0 Å². The maximum Gasteiger partial charge on any atom is 0.326 e. The van der Waals surface area contributed by atoms with E-state index >= 15 is 0 Å². The van der Waals surface area contributed by atoms with Gasteiger partial charge in [-0.15, -0.1) is 0 Å². The van der Waals surface area contributed by atoms with Gasteiger partial charge in [-0.3, -0.25) is 28.8 Å². The lowest BCUT2D eigenvalue weighted by molar-refractivity contribution is -0.143. The summed E-state index contributed by atoms with van der Waals surface area (Å²) in [6.45, 7) is 3.23. The molecular formula is C20H35N7O8. The molecule has 0 fully saturated rings. The highest BCUT2D eigenvalue weighted by Crippen LogP contribution is 2.07. The lowest BCUT2D eigenvalue weighted by atomic mass is 10.0. The fourth-order valence-electron chi connectivity index (χ4n) is 2.86. The van der Waals surface area contributed by atoms with Gasteiger partial charge in [0.1, 0.15) is 18.1 Å². The monoisotopic (exact) mass is 501 g/mol. The molecule has 0 aliphatic carbocycles. The van der Waals surface area contributed by atoms with E-state index in [4.69, 9.17) is 22.9 Å². The van der Waals surface area contributed by atoms with Crippen molar-refractivity contribution >= 4 is 41.4 Å². The normalized spacial score (nSPS) is 14.2. The topological polar surface area (TPSA) is 280 Å².